The number of carbonyl (C=O) groups is 1. The van der Waals surface area contributed by atoms with Crippen LogP contribution in [0.2, 0.25) is 0 Å². The number of allylic oxidation sites excluding steroid dienone is 1. The third kappa shape index (κ3) is 4.67. The second-order valence-corrected chi connectivity index (χ2v) is 2.26. The average molecular weight is 179 g/mol. The molecular formula is C7H15ClN2O. The van der Waals surface area contributed by atoms with E-state index in [1.165, 1.54) is 0 Å². The third-order valence-corrected chi connectivity index (χ3v) is 1.13. The van der Waals surface area contributed by atoms with Crippen LogP contribution in [0.25, 0.3) is 0 Å². The van der Waals surface area contributed by atoms with E-state index < -0.39 is 0 Å². The van der Waals surface area contributed by atoms with Crippen molar-refractivity contribution in [3.05, 3.63) is 11.8 Å². The van der Waals surface area contributed by atoms with Crippen LogP contribution in [-0.2, 0) is 4.79 Å². The van der Waals surface area contributed by atoms with Crippen LogP contribution in [0.1, 0.15) is 13.3 Å². The van der Waals surface area contributed by atoms with Crippen LogP contribution >= 0.6 is 12.4 Å². The van der Waals surface area contributed by atoms with E-state index in [9.17, 15) is 4.79 Å². The minimum atomic E-state index is -0.369. The van der Waals surface area contributed by atoms with Crippen LogP contribution in [0.5, 0.6) is 0 Å². The number of nitrogens with two attached hydrogens (primary N) is 1. The van der Waals surface area contributed by atoms with Gasteiger partial charge in [-0.2, -0.15) is 0 Å². The van der Waals surface area contributed by atoms with Gasteiger partial charge in [-0.25, -0.2) is 0 Å². The van der Waals surface area contributed by atoms with Crippen LogP contribution < -0.4 is 5.73 Å². The third-order valence-electron chi connectivity index (χ3n) is 1.13. The van der Waals surface area contributed by atoms with E-state index in [1.807, 2.05) is 13.0 Å². The van der Waals surface area contributed by atoms with Gasteiger partial charge in [0.1, 0.15) is 0 Å². The van der Waals surface area contributed by atoms with Crippen molar-refractivity contribution in [3.8, 4) is 0 Å². The largest absolute Gasteiger partial charge is 0.373 e. The number of amides is 1. The Balaban J connectivity index is 0. The average Bonchev–Trinajstić information content (AvgIpc) is 1.81. The zero-order valence-electron chi connectivity index (χ0n) is 7.13. The fourth-order valence-electron chi connectivity index (χ4n) is 0.697. The number of hydrogen-bond donors (Lipinski definition) is 1. The Labute approximate surface area is 73.7 Å². The number of halogens is 1. The molecule has 0 saturated heterocycles. The maximum atomic E-state index is 10.6. The van der Waals surface area contributed by atoms with Gasteiger partial charge in [0.05, 0.1) is 5.70 Å². The molecule has 0 heterocycles. The predicted octanol–water partition coefficient (Wildman–Crippen LogP) is 0.749. The normalized spacial score (nSPS) is 10.3. The van der Waals surface area contributed by atoms with Crippen molar-refractivity contribution < 1.29 is 4.79 Å². The predicted molar refractivity (Wildman–Crippen MR) is 48.5 cm³/mol. The Hall–Kier alpha value is -0.700. The van der Waals surface area contributed by atoms with E-state index in [4.69, 9.17) is 5.73 Å². The monoisotopic (exact) mass is 178 g/mol. The van der Waals surface area contributed by atoms with Crippen molar-refractivity contribution >= 4 is 18.3 Å². The molecule has 0 saturated carbocycles. The Bertz CT molecular complexity index is 155. The van der Waals surface area contributed by atoms with E-state index in [0.717, 1.165) is 6.42 Å². The number of likely N-dealkylation sites (N-methyl/N-ethyl adjacent to an activating group) is 1. The maximum Gasteiger partial charge on any atom is 0.264 e. The van der Waals surface area contributed by atoms with Crippen LogP contribution in [0, 0.1) is 0 Å². The summed E-state index contributed by atoms with van der Waals surface area (Å²) in [4.78, 5) is 12.4. The highest BCUT2D eigenvalue weighted by Crippen LogP contribution is 1.97. The molecule has 0 fully saturated rings. The van der Waals surface area contributed by atoms with Crippen molar-refractivity contribution in [3.63, 3.8) is 0 Å². The second kappa shape index (κ2) is 6.04. The Morgan fingerprint density at radius 3 is 2.09 bits per heavy atom. The molecule has 0 aromatic carbocycles. The standard InChI is InChI=1S/C7H14N2O.ClH/c1-4-5-6(7(8)10)9(2)3;/h5H,4H2,1-3H3,(H2,8,10);1H. The summed E-state index contributed by atoms with van der Waals surface area (Å²) in [5, 5.41) is 0. The lowest BCUT2D eigenvalue weighted by Gasteiger charge is -2.12. The number of nitrogens with zero attached hydrogens (tertiary/aromatic N) is 1. The van der Waals surface area contributed by atoms with E-state index in [0.29, 0.717) is 5.70 Å². The molecule has 0 bridgehead atoms. The summed E-state index contributed by atoms with van der Waals surface area (Å²) in [6.07, 6.45) is 2.64. The number of rotatable bonds is 3. The Morgan fingerprint density at radius 2 is 2.00 bits per heavy atom. The Morgan fingerprint density at radius 1 is 1.55 bits per heavy atom. The molecule has 0 radical (unpaired) electrons. The van der Waals surface area contributed by atoms with Crippen LogP contribution in [0.15, 0.2) is 11.8 Å². The summed E-state index contributed by atoms with van der Waals surface area (Å²) in [7, 11) is 3.60. The highest BCUT2D eigenvalue weighted by Gasteiger charge is 2.04. The van der Waals surface area contributed by atoms with Crippen LogP contribution in [0.3, 0.4) is 0 Å². The van der Waals surface area contributed by atoms with Gasteiger partial charge in [-0.3, -0.25) is 4.79 Å². The summed E-state index contributed by atoms with van der Waals surface area (Å²) in [6, 6.07) is 0. The molecule has 3 nitrogen and oxygen atoms in total. The van der Waals surface area contributed by atoms with Gasteiger partial charge in [-0.05, 0) is 6.42 Å². The van der Waals surface area contributed by atoms with Gasteiger partial charge in [0, 0.05) is 14.1 Å². The fraction of sp³-hybridized carbons (Fsp3) is 0.571. The molecule has 2 N–H and O–H groups in total. The lowest BCUT2D eigenvalue weighted by molar-refractivity contribution is -0.115. The first-order chi connectivity index (χ1) is 4.59. The molecule has 0 aliphatic heterocycles. The van der Waals surface area contributed by atoms with Gasteiger partial charge >= 0.3 is 0 Å². The van der Waals surface area contributed by atoms with Crippen molar-refractivity contribution in [2.75, 3.05) is 14.1 Å². The zero-order chi connectivity index (χ0) is 8.15. The molecule has 4 heteroatoms. The molecular weight excluding hydrogens is 164 g/mol. The van der Waals surface area contributed by atoms with E-state index >= 15 is 0 Å². The summed E-state index contributed by atoms with van der Waals surface area (Å²) < 4.78 is 0. The van der Waals surface area contributed by atoms with Gasteiger partial charge in [0.25, 0.3) is 5.91 Å². The van der Waals surface area contributed by atoms with Gasteiger partial charge in [0.15, 0.2) is 0 Å². The highest BCUT2D eigenvalue weighted by atomic mass is 35.5. The van der Waals surface area contributed by atoms with Crippen molar-refractivity contribution in [1.29, 1.82) is 0 Å². The lowest BCUT2D eigenvalue weighted by atomic mass is 10.3. The van der Waals surface area contributed by atoms with Gasteiger partial charge in [-0.15, -0.1) is 12.4 Å². The molecule has 0 aromatic heterocycles. The molecule has 66 valence electrons. The van der Waals surface area contributed by atoms with E-state index in [2.05, 4.69) is 0 Å². The highest BCUT2D eigenvalue weighted by molar-refractivity contribution is 5.91. The minimum Gasteiger partial charge on any atom is -0.373 e. The molecule has 0 aliphatic carbocycles. The zero-order valence-corrected chi connectivity index (χ0v) is 7.94. The Kier molecular flexibility index (Phi) is 7.10. The molecule has 0 unspecified atom stereocenters. The molecule has 11 heavy (non-hydrogen) atoms. The topological polar surface area (TPSA) is 46.3 Å². The van der Waals surface area contributed by atoms with Gasteiger partial charge in [0.2, 0.25) is 0 Å². The van der Waals surface area contributed by atoms with Gasteiger partial charge < -0.3 is 10.6 Å². The summed E-state index contributed by atoms with van der Waals surface area (Å²) in [5.41, 5.74) is 5.65. The van der Waals surface area contributed by atoms with Crippen LogP contribution in [0.4, 0.5) is 0 Å². The molecule has 0 aromatic rings. The van der Waals surface area contributed by atoms with E-state index in [1.54, 1.807) is 19.0 Å². The summed E-state index contributed by atoms with van der Waals surface area (Å²) in [6.45, 7) is 1.96. The minimum absolute atomic E-state index is 0. The fourth-order valence-corrected chi connectivity index (χ4v) is 0.697. The lowest BCUT2D eigenvalue weighted by Crippen LogP contribution is -2.25. The van der Waals surface area contributed by atoms with Crippen molar-refractivity contribution in [2.45, 2.75) is 13.3 Å². The quantitative estimate of drug-likeness (QED) is 0.649. The van der Waals surface area contributed by atoms with Gasteiger partial charge in [-0.1, -0.05) is 13.0 Å². The second-order valence-electron chi connectivity index (χ2n) is 2.26. The molecule has 0 atom stereocenters. The number of carbonyl (C=O) groups excluding carboxylic acids is 1. The number of hydrogen-bond acceptors (Lipinski definition) is 2. The van der Waals surface area contributed by atoms with E-state index in [-0.39, 0.29) is 18.3 Å². The van der Waals surface area contributed by atoms with Crippen molar-refractivity contribution in [1.82, 2.24) is 4.90 Å². The first kappa shape index (κ1) is 12.9. The van der Waals surface area contributed by atoms with Crippen LogP contribution in [-0.4, -0.2) is 24.9 Å². The molecule has 0 spiro atoms. The SMILES string of the molecule is CCC=C(C(N)=O)N(C)C.Cl. The first-order valence-corrected chi connectivity index (χ1v) is 3.26. The molecule has 0 rings (SSSR count). The summed E-state index contributed by atoms with van der Waals surface area (Å²) >= 11 is 0. The maximum absolute atomic E-state index is 10.6. The first-order valence-electron chi connectivity index (χ1n) is 3.26. The molecule has 1 amide bonds. The summed E-state index contributed by atoms with van der Waals surface area (Å²) in [5.74, 6) is -0.369. The smallest absolute Gasteiger partial charge is 0.264 e. The molecule has 0 aliphatic rings. The number of primary amides is 1. The van der Waals surface area contributed by atoms with Crippen molar-refractivity contribution in [2.24, 2.45) is 5.73 Å².